The number of rotatable bonds is 6. The van der Waals surface area contributed by atoms with Crippen molar-refractivity contribution in [2.75, 3.05) is 5.32 Å². The van der Waals surface area contributed by atoms with Gasteiger partial charge in [-0.05, 0) is 43.7 Å². The normalized spacial score (nSPS) is 18.7. The number of nitrogens with zero attached hydrogens (tertiary/aromatic N) is 6. The van der Waals surface area contributed by atoms with Crippen LogP contribution in [0.1, 0.15) is 51.1 Å². The molecule has 1 aliphatic rings. The first kappa shape index (κ1) is 21.4. The lowest BCUT2D eigenvalue weighted by atomic mass is 9.93. The van der Waals surface area contributed by atoms with Crippen molar-refractivity contribution in [3.63, 3.8) is 0 Å². The van der Waals surface area contributed by atoms with Gasteiger partial charge in [0.05, 0.1) is 23.5 Å². The van der Waals surface area contributed by atoms with Gasteiger partial charge >= 0.3 is 0 Å². The molecule has 172 valence electrons. The highest BCUT2D eigenvalue weighted by molar-refractivity contribution is 5.93. The van der Waals surface area contributed by atoms with Gasteiger partial charge in [0, 0.05) is 55.7 Å². The zero-order chi connectivity index (χ0) is 22.9. The van der Waals surface area contributed by atoms with Gasteiger partial charge in [0.25, 0.3) is 0 Å². The molecule has 8 heteroatoms. The molecule has 1 fully saturated rings. The third-order valence-electron chi connectivity index (χ3n) is 6.38. The van der Waals surface area contributed by atoms with Crippen molar-refractivity contribution in [1.29, 1.82) is 0 Å². The second-order valence-electron chi connectivity index (χ2n) is 9.24. The molecule has 0 atom stereocenters. The fraction of sp³-hybridized carbons (Fsp3) is 0.440. The summed E-state index contributed by atoms with van der Waals surface area (Å²) in [4.78, 5) is 9.21. The minimum atomic E-state index is 0.235. The summed E-state index contributed by atoms with van der Waals surface area (Å²) in [5, 5.41) is 13.6. The first-order valence-electron chi connectivity index (χ1n) is 11.7. The summed E-state index contributed by atoms with van der Waals surface area (Å²) >= 11 is 0. The summed E-state index contributed by atoms with van der Waals surface area (Å²) in [6.45, 7) is 4.31. The molecule has 0 aromatic carbocycles. The van der Waals surface area contributed by atoms with E-state index < -0.39 is 0 Å². The number of ether oxygens (including phenoxy) is 1. The molecule has 0 amide bonds. The topological polar surface area (TPSA) is 82.7 Å². The summed E-state index contributed by atoms with van der Waals surface area (Å²) in [7, 11) is 3.88. The van der Waals surface area contributed by atoms with Crippen LogP contribution in [0.15, 0.2) is 43.0 Å². The third-order valence-corrected chi connectivity index (χ3v) is 6.38. The van der Waals surface area contributed by atoms with E-state index in [1.807, 2.05) is 55.7 Å². The standard InChI is InChI=1S/C25H31N7O/c1-16(2)24-22(6-5-11-26-24)33-19-9-7-18(8-10-19)29-23-12-21-20(14-27-23)25(30-32(21)4)17-13-28-31(3)15-17/h5-6,11-16,18-19H,7-10H2,1-4H3,(H,27,29). The first-order valence-corrected chi connectivity index (χ1v) is 11.7. The number of nitrogens with one attached hydrogen (secondary N) is 1. The van der Waals surface area contributed by atoms with Crippen molar-refractivity contribution in [1.82, 2.24) is 29.5 Å². The van der Waals surface area contributed by atoms with Gasteiger partial charge in [-0.3, -0.25) is 14.3 Å². The monoisotopic (exact) mass is 445 g/mol. The Morgan fingerprint density at radius 1 is 1.09 bits per heavy atom. The molecule has 0 radical (unpaired) electrons. The van der Waals surface area contributed by atoms with Crippen molar-refractivity contribution in [2.45, 2.75) is 57.6 Å². The van der Waals surface area contributed by atoms with E-state index in [4.69, 9.17) is 14.8 Å². The minimum absolute atomic E-state index is 0.235. The quantitative estimate of drug-likeness (QED) is 0.464. The number of aromatic nitrogens is 6. The van der Waals surface area contributed by atoms with Crippen molar-refractivity contribution in [2.24, 2.45) is 14.1 Å². The number of hydrogen-bond donors (Lipinski definition) is 1. The fourth-order valence-electron chi connectivity index (χ4n) is 4.64. The van der Waals surface area contributed by atoms with E-state index >= 15 is 0 Å². The van der Waals surface area contributed by atoms with Gasteiger partial charge in [-0.15, -0.1) is 0 Å². The molecule has 4 aromatic heterocycles. The molecular weight excluding hydrogens is 414 g/mol. The van der Waals surface area contributed by atoms with Crippen LogP contribution in [0.2, 0.25) is 0 Å². The molecular formula is C25H31N7O. The lowest BCUT2D eigenvalue weighted by Gasteiger charge is -2.30. The largest absolute Gasteiger partial charge is 0.489 e. The van der Waals surface area contributed by atoms with Gasteiger partial charge in [0.15, 0.2) is 0 Å². The van der Waals surface area contributed by atoms with Crippen LogP contribution in [0.4, 0.5) is 5.82 Å². The molecule has 0 bridgehead atoms. The van der Waals surface area contributed by atoms with Crippen LogP contribution < -0.4 is 10.1 Å². The van der Waals surface area contributed by atoms with Gasteiger partial charge in [-0.1, -0.05) is 13.8 Å². The summed E-state index contributed by atoms with van der Waals surface area (Å²) in [6, 6.07) is 6.47. The molecule has 8 nitrogen and oxygen atoms in total. The Morgan fingerprint density at radius 3 is 2.64 bits per heavy atom. The third kappa shape index (κ3) is 4.42. The number of fused-ring (bicyclic) bond motifs is 1. The van der Waals surface area contributed by atoms with E-state index in [1.165, 1.54) is 0 Å². The summed E-state index contributed by atoms with van der Waals surface area (Å²) in [5.41, 5.74) is 4.00. The predicted octanol–water partition coefficient (Wildman–Crippen LogP) is 4.69. The smallest absolute Gasteiger partial charge is 0.141 e. The van der Waals surface area contributed by atoms with Gasteiger partial charge < -0.3 is 10.1 Å². The zero-order valence-electron chi connectivity index (χ0n) is 19.7. The first-order chi connectivity index (χ1) is 16.0. The Hall–Kier alpha value is -3.42. The van der Waals surface area contributed by atoms with E-state index in [1.54, 1.807) is 4.68 Å². The molecule has 4 heterocycles. The molecule has 0 saturated heterocycles. The number of anilines is 1. The zero-order valence-corrected chi connectivity index (χ0v) is 19.7. The summed E-state index contributed by atoms with van der Waals surface area (Å²) < 4.78 is 10.0. The molecule has 0 aliphatic heterocycles. The van der Waals surface area contributed by atoms with E-state index in [0.717, 1.165) is 65.1 Å². The van der Waals surface area contributed by atoms with Crippen LogP contribution in [0.3, 0.4) is 0 Å². The second kappa shape index (κ2) is 8.84. The molecule has 33 heavy (non-hydrogen) atoms. The Bertz CT molecular complexity index is 1250. The van der Waals surface area contributed by atoms with E-state index in [9.17, 15) is 0 Å². The van der Waals surface area contributed by atoms with Gasteiger partial charge in [0.2, 0.25) is 0 Å². The molecule has 0 unspecified atom stereocenters. The van der Waals surface area contributed by atoms with Crippen molar-refractivity contribution in [3.8, 4) is 17.0 Å². The Kier molecular flexibility index (Phi) is 5.74. The molecule has 5 rings (SSSR count). The maximum Gasteiger partial charge on any atom is 0.141 e. The number of pyridine rings is 2. The second-order valence-corrected chi connectivity index (χ2v) is 9.24. The van der Waals surface area contributed by atoms with Crippen LogP contribution in [-0.2, 0) is 14.1 Å². The SMILES string of the molecule is CC(C)c1ncccc1OC1CCC(Nc2cc3c(cn2)c(-c2cnn(C)c2)nn3C)CC1. The van der Waals surface area contributed by atoms with Gasteiger partial charge in [-0.25, -0.2) is 4.98 Å². The maximum absolute atomic E-state index is 6.34. The van der Waals surface area contributed by atoms with Crippen LogP contribution in [0.25, 0.3) is 22.2 Å². The molecule has 4 aromatic rings. The molecule has 1 saturated carbocycles. The number of aryl methyl sites for hydroxylation is 2. The number of hydrogen-bond acceptors (Lipinski definition) is 6. The van der Waals surface area contributed by atoms with E-state index in [2.05, 4.69) is 35.3 Å². The predicted molar refractivity (Wildman–Crippen MR) is 129 cm³/mol. The van der Waals surface area contributed by atoms with Crippen LogP contribution in [0.5, 0.6) is 5.75 Å². The fourth-order valence-corrected chi connectivity index (χ4v) is 4.64. The Morgan fingerprint density at radius 2 is 1.91 bits per heavy atom. The van der Waals surface area contributed by atoms with Crippen molar-refractivity contribution in [3.05, 3.63) is 48.7 Å². The van der Waals surface area contributed by atoms with Crippen LogP contribution >= 0.6 is 0 Å². The van der Waals surface area contributed by atoms with Gasteiger partial charge in [-0.2, -0.15) is 10.2 Å². The van der Waals surface area contributed by atoms with Crippen LogP contribution in [-0.4, -0.2) is 41.7 Å². The Balaban J connectivity index is 1.24. The van der Waals surface area contributed by atoms with Crippen molar-refractivity contribution >= 4 is 16.7 Å². The minimum Gasteiger partial charge on any atom is -0.489 e. The molecule has 1 aliphatic carbocycles. The lowest BCUT2D eigenvalue weighted by molar-refractivity contribution is 0.147. The van der Waals surface area contributed by atoms with Crippen LogP contribution in [0, 0.1) is 0 Å². The molecule has 0 spiro atoms. The van der Waals surface area contributed by atoms with E-state index in [0.29, 0.717) is 12.0 Å². The molecule has 1 N–H and O–H groups in total. The van der Waals surface area contributed by atoms with Gasteiger partial charge in [0.1, 0.15) is 17.3 Å². The highest BCUT2D eigenvalue weighted by Crippen LogP contribution is 2.31. The lowest BCUT2D eigenvalue weighted by Crippen LogP contribution is -2.31. The maximum atomic E-state index is 6.34. The highest BCUT2D eigenvalue weighted by atomic mass is 16.5. The summed E-state index contributed by atoms with van der Waals surface area (Å²) in [6.07, 6.45) is 11.9. The summed E-state index contributed by atoms with van der Waals surface area (Å²) in [5.74, 6) is 2.17. The average Bonchev–Trinajstić information content (AvgIpc) is 3.38. The highest BCUT2D eigenvalue weighted by Gasteiger charge is 2.24. The average molecular weight is 446 g/mol. The van der Waals surface area contributed by atoms with E-state index in [-0.39, 0.29) is 6.10 Å². The Labute approximate surface area is 194 Å². The van der Waals surface area contributed by atoms with Crippen molar-refractivity contribution < 1.29 is 4.74 Å².